The molecule has 38 heavy (non-hydrogen) atoms. The minimum absolute atomic E-state index is 0.270. The van der Waals surface area contributed by atoms with Gasteiger partial charge in [-0.15, -0.1) is 0 Å². The molecule has 0 bridgehead atoms. The van der Waals surface area contributed by atoms with Gasteiger partial charge in [-0.3, -0.25) is 4.90 Å². The van der Waals surface area contributed by atoms with E-state index >= 15 is 0 Å². The topological polar surface area (TPSA) is 89.4 Å². The summed E-state index contributed by atoms with van der Waals surface area (Å²) < 4.78 is 8.59. The fourth-order valence-electron chi connectivity index (χ4n) is 6.47. The molecular weight excluding hydrogens is 474 g/mol. The molecule has 2 aliphatic rings. The van der Waals surface area contributed by atoms with E-state index in [1.807, 2.05) is 30.3 Å². The number of nitrogens with zero attached hydrogens (tertiary/aromatic N) is 4. The van der Waals surface area contributed by atoms with Crippen molar-refractivity contribution >= 4 is 16.9 Å². The molecule has 2 aromatic carbocycles. The first-order chi connectivity index (χ1) is 18.7. The number of rotatable bonds is 9. The van der Waals surface area contributed by atoms with E-state index in [2.05, 4.69) is 45.6 Å². The molecule has 2 aromatic heterocycles. The second-order valence-electron chi connectivity index (χ2n) is 10.8. The monoisotopic (exact) mass is 511 g/mol. The molecule has 198 valence electrons. The minimum Gasteiger partial charge on any atom is -0.489 e. The van der Waals surface area contributed by atoms with E-state index < -0.39 is 0 Å². The molecule has 3 heterocycles. The van der Waals surface area contributed by atoms with Gasteiger partial charge in [-0.05, 0) is 67.8 Å². The summed E-state index contributed by atoms with van der Waals surface area (Å²) in [5.74, 6) is 2.00. The summed E-state index contributed by atoms with van der Waals surface area (Å²) in [4.78, 5) is 11.6. The summed E-state index contributed by atoms with van der Waals surface area (Å²) in [7, 11) is 0. The van der Waals surface area contributed by atoms with Crippen molar-refractivity contribution in [3.63, 3.8) is 0 Å². The number of likely N-dealkylation sites (tertiary alicyclic amines) is 1. The maximum absolute atomic E-state index is 9.72. The van der Waals surface area contributed by atoms with E-state index in [4.69, 9.17) is 15.5 Å². The first-order valence-corrected chi connectivity index (χ1v) is 13.9. The third-order valence-corrected chi connectivity index (χ3v) is 8.40. The van der Waals surface area contributed by atoms with Crippen LogP contribution in [0.1, 0.15) is 49.9 Å². The number of nitrogens with two attached hydrogens (primary N) is 1. The SMILES string of the molecule is CCc1c(-c2cccc(OCc3ccccc3)c2)c2c(N)ncnc2n1C1CC(CN2CCCC2CO)C1. The minimum atomic E-state index is 0.270. The second-order valence-corrected chi connectivity index (χ2v) is 10.8. The van der Waals surface area contributed by atoms with Crippen LogP contribution in [0.15, 0.2) is 60.9 Å². The van der Waals surface area contributed by atoms with Gasteiger partial charge in [-0.25, -0.2) is 9.97 Å². The van der Waals surface area contributed by atoms with Crippen molar-refractivity contribution < 1.29 is 9.84 Å². The van der Waals surface area contributed by atoms with Crippen LogP contribution >= 0.6 is 0 Å². The van der Waals surface area contributed by atoms with Crippen molar-refractivity contribution in [2.75, 3.05) is 25.4 Å². The zero-order valence-corrected chi connectivity index (χ0v) is 22.1. The Hall–Kier alpha value is -3.42. The van der Waals surface area contributed by atoms with Crippen LogP contribution in [0.5, 0.6) is 5.75 Å². The lowest BCUT2D eigenvalue weighted by Crippen LogP contribution is -2.41. The standard InChI is InChI=1S/C31H37N5O2/c1-2-27-28(23-10-6-12-26(16-23)38-19-21-8-4-3-5-9-21)29-30(32)33-20-34-31(29)36(27)25-14-22(15-25)17-35-13-7-11-24(35)18-37/h3-6,8-10,12,16,20,22,24-25,37H,2,7,11,13-15,17-19H2,1H3,(H2,32,33,34). The molecule has 4 aromatic rings. The third-order valence-electron chi connectivity index (χ3n) is 8.40. The van der Waals surface area contributed by atoms with Crippen LogP contribution in [-0.4, -0.2) is 50.3 Å². The Kier molecular flexibility index (Phi) is 7.04. The van der Waals surface area contributed by atoms with Crippen LogP contribution in [-0.2, 0) is 13.0 Å². The Balaban J connectivity index is 1.30. The number of aliphatic hydroxyl groups excluding tert-OH is 1. The van der Waals surface area contributed by atoms with Crippen molar-refractivity contribution in [2.45, 2.75) is 57.7 Å². The lowest BCUT2D eigenvalue weighted by Gasteiger charge is -2.40. The predicted octanol–water partition coefficient (Wildman–Crippen LogP) is 5.23. The molecule has 1 saturated heterocycles. The number of hydrogen-bond acceptors (Lipinski definition) is 6. The summed E-state index contributed by atoms with van der Waals surface area (Å²) >= 11 is 0. The molecule has 0 spiro atoms. The van der Waals surface area contributed by atoms with Crippen molar-refractivity contribution in [1.82, 2.24) is 19.4 Å². The highest BCUT2D eigenvalue weighted by Gasteiger charge is 2.37. The number of fused-ring (bicyclic) bond motifs is 1. The Morgan fingerprint density at radius 2 is 1.92 bits per heavy atom. The van der Waals surface area contributed by atoms with Gasteiger partial charge in [0.15, 0.2) is 0 Å². The molecule has 1 aliphatic carbocycles. The lowest BCUT2D eigenvalue weighted by molar-refractivity contribution is 0.0963. The molecule has 1 aliphatic heterocycles. The van der Waals surface area contributed by atoms with Crippen LogP contribution < -0.4 is 10.5 Å². The summed E-state index contributed by atoms with van der Waals surface area (Å²) in [6.45, 7) is 5.18. The van der Waals surface area contributed by atoms with E-state index in [1.165, 1.54) is 12.1 Å². The fraction of sp³-hybridized carbons (Fsp3) is 0.419. The summed E-state index contributed by atoms with van der Waals surface area (Å²) in [6, 6.07) is 19.2. The van der Waals surface area contributed by atoms with E-state index in [0.717, 1.165) is 72.2 Å². The third kappa shape index (κ3) is 4.65. The van der Waals surface area contributed by atoms with Gasteiger partial charge >= 0.3 is 0 Å². The molecule has 0 amide bonds. The number of nitrogen functional groups attached to an aromatic ring is 1. The average Bonchev–Trinajstić information content (AvgIpc) is 3.52. The number of hydrogen-bond donors (Lipinski definition) is 2. The first kappa shape index (κ1) is 24.9. The summed E-state index contributed by atoms with van der Waals surface area (Å²) in [5.41, 5.74) is 12.0. The largest absolute Gasteiger partial charge is 0.489 e. The quantitative estimate of drug-likeness (QED) is 0.320. The maximum Gasteiger partial charge on any atom is 0.146 e. The number of anilines is 1. The van der Waals surface area contributed by atoms with Crippen LogP contribution in [0, 0.1) is 5.92 Å². The van der Waals surface area contributed by atoms with Gasteiger partial charge in [-0.1, -0.05) is 49.4 Å². The van der Waals surface area contributed by atoms with Gasteiger partial charge in [0.25, 0.3) is 0 Å². The van der Waals surface area contributed by atoms with E-state index in [9.17, 15) is 5.11 Å². The second kappa shape index (κ2) is 10.8. The van der Waals surface area contributed by atoms with E-state index in [1.54, 1.807) is 6.33 Å². The molecular formula is C31H37N5O2. The normalized spacial score (nSPS) is 21.6. The average molecular weight is 512 g/mol. The number of benzene rings is 2. The molecule has 2 fully saturated rings. The molecule has 1 unspecified atom stereocenters. The molecule has 0 radical (unpaired) electrons. The lowest BCUT2D eigenvalue weighted by atomic mass is 9.79. The van der Waals surface area contributed by atoms with Crippen LogP contribution in [0.25, 0.3) is 22.2 Å². The van der Waals surface area contributed by atoms with Crippen LogP contribution in [0.4, 0.5) is 5.82 Å². The highest BCUT2D eigenvalue weighted by Crippen LogP contribution is 2.46. The Bertz CT molecular complexity index is 1400. The van der Waals surface area contributed by atoms with Crippen LogP contribution in [0.2, 0.25) is 0 Å². The van der Waals surface area contributed by atoms with Crippen LogP contribution in [0.3, 0.4) is 0 Å². The van der Waals surface area contributed by atoms with Crippen molar-refractivity contribution in [3.8, 4) is 16.9 Å². The van der Waals surface area contributed by atoms with Gasteiger partial charge in [-0.2, -0.15) is 0 Å². The smallest absolute Gasteiger partial charge is 0.146 e. The maximum atomic E-state index is 9.72. The summed E-state index contributed by atoms with van der Waals surface area (Å²) in [5, 5.41) is 10.7. The highest BCUT2D eigenvalue weighted by atomic mass is 16.5. The van der Waals surface area contributed by atoms with Crippen molar-refractivity contribution in [3.05, 3.63) is 72.2 Å². The van der Waals surface area contributed by atoms with Gasteiger partial charge in [0, 0.05) is 29.9 Å². The summed E-state index contributed by atoms with van der Waals surface area (Å²) in [6.07, 6.45) is 7.01. The van der Waals surface area contributed by atoms with Gasteiger partial charge in [0.05, 0.1) is 12.0 Å². The zero-order chi connectivity index (χ0) is 26.1. The number of aliphatic hydroxyl groups is 1. The Morgan fingerprint density at radius 3 is 2.71 bits per heavy atom. The molecule has 1 saturated carbocycles. The van der Waals surface area contributed by atoms with E-state index in [-0.39, 0.29) is 6.61 Å². The number of aromatic nitrogens is 3. The fourth-order valence-corrected chi connectivity index (χ4v) is 6.47. The van der Waals surface area contributed by atoms with Gasteiger partial charge in [0.1, 0.15) is 30.1 Å². The molecule has 6 rings (SSSR count). The molecule has 1 atom stereocenters. The van der Waals surface area contributed by atoms with Gasteiger partial charge < -0.3 is 20.1 Å². The Labute approximate surface area is 224 Å². The molecule has 7 nitrogen and oxygen atoms in total. The molecule has 7 heteroatoms. The number of ether oxygens (including phenoxy) is 1. The molecule has 3 N–H and O–H groups in total. The predicted molar refractivity (Wildman–Crippen MR) is 151 cm³/mol. The van der Waals surface area contributed by atoms with E-state index in [0.29, 0.717) is 30.4 Å². The van der Waals surface area contributed by atoms with Gasteiger partial charge in [0.2, 0.25) is 0 Å². The highest BCUT2D eigenvalue weighted by molar-refractivity contribution is 6.02. The first-order valence-electron chi connectivity index (χ1n) is 13.9. The Morgan fingerprint density at radius 1 is 1.08 bits per heavy atom. The van der Waals surface area contributed by atoms with Crippen molar-refractivity contribution in [1.29, 1.82) is 0 Å². The zero-order valence-electron chi connectivity index (χ0n) is 22.1. The van der Waals surface area contributed by atoms with Crippen molar-refractivity contribution in [2.24, 2.45) is 5.92 Å².